The number of hydrogen-bond donors (Lipinski definition) is 1. The van der Waals surface area contributed by atoms with Crippen molar-refractivity contribution in [1.82, 2.24) is 4.90 Å². The summed E-state index contributed by atoms with van der Waals surface area (Å²) >= 11 is 5.90. The fourth-order valence-electron chi connectivity index (χ4n) is 2.55. The molecule has 0 bridgehead atoms. The number of rotatable bonds is 4. The van der Waals surface area contributed by atoms with E-state index < -0.39 is 0 Å². The second-order valence-electron chi connectivity index (χ2n) is 4.87. The second-order valence-corrected chi connectivity index (χ2v) is 5.30. The number of benzene rings is 1. The van der Waals surface area contributed by atoms with Gasteiger partial charge in [-0.2, -0.15) is 0 Å². The second kappa shape index (κ2) is 8.08. The number of methoxy groups -OCH3 is 1. The van der Waals surface area contributed by atoms with Crippen LogP contribution in [0, 0.1) is 0 Å². The molecule has 0 aromatic heterocycles. The maximum Gasteiger partial charge on any atom is 0.0599 e. The highest BCUT2D eigenvalue weighted by atomic mass is 35.5. The molecule has 3 nitrogen and oxygen atoms in total. The molecule has 0 radical (unpaired) electrons. The lowest BCUT2D eigenvalue weighted by atomic mass is 9.98. The van der Waals surface area contributed by atoms with Gasteiger partial charge in [-0.05, 0) is 30.5 Å². The number of nitrogens with two attached hydrogens (primary N) is 1. The summed E-state index contributed by atoms with van der Waals surface area (Å²) in [5, 5.41) is 0.784. The van der Waals surface area contributed by atoms with Crippen LogP contribution in [0.15, 0.2) is 24.3 Å². The average molecular weight is 305 g/mol. The Morgan fingerprint density at radius 2 is 2.05 bits per heavy atom. The number of piperidine rings is 1. The van der Waals surface area contributed by atoms with E-state index in [0.717, 1.165) is 31.0 Å². The summed E-state index contributed by atoms with van der Waals surface area (Å²) in [5.41, 5.74) is 7.16. The summed E-state index contributed by atoms with van der Waals surface area (Å²) in [4.78, 5) is 2.44. The zero-order valence-corrected chi connectivity index (χ0v) is 12.8. The lowest BCUT2D eigenvalue weighted by Crippen LogP contribution is -2.47. The molecule has 0 amide bonds. The van der Waals surface area contributed by atoms with Crippen LogP contribution >= 0.6 is 24.0 Å². The molecule has 1 aromatic rings. The van der Waals surface area contributed by atoms with E-state index in [-0.39, 0.29) is 12.4 Å². The highest BCUT2D eigenvalue weighted by molar-refractivity contribution is 6.30. The van der Waals surface area contributed by atoms with Gasteiger partial charge < -0.3 is 10.5 Å². The fourth-order valence-corrected chi connectivity index (χ4v) is 2.68. The minimum atomic E-state index is 0. The number of ether oxygens (including phenoxy) is 1. The van der Waals surface area contributed by atoms with Gasteiger partial charge in [-0.3, -0.25) is 4.90 Å². The predicted octanol–water partition coefficient (Wildman–Crippen LogP) is 2.70. The van der Waals surface area contributed by atoms with Crippen molar-refractivity contribution in [1.29, 1.82) is 0 Å². The molecule has 0 spiro atoms. The smallest absolute Gasteiger partial charge is 0.0599 e. The van der Waals surface area contributed by atoms with Crippen molar-refractivity contribution in [3.8, 4) is 0 Å². The summed E-state index contributed by atoms with van der Waals surface area (Å²) in [6.45, 7) is 2.67. The maximum absolute atomic E-state index is 5.90. The third-order valence-corrected chi connectivity index (χ3v) is 3.95. The van der Waals surface area contributed by atoms with E-state index in [1.165, 1.54) is 5.56 Å². The summed E-state index contributed by atoms with van der Waals surface area (Å²) < 4.78 is 5.44. The van der Waals surface area contributed by atoms with Crippen LogP contribution in [0.4, 0.5) is 0 Å². The number of halogens is 2. The molecule has 1 heterocycles. The first kappa shape index (κ1) is 16.7. The summed E-state index contributed by atoms with van der Waals surface area (Å²) in [5.74, 6) is 0. The Kier molecular flexibility index (Phi) is 7.11. The highest BCUT2D eigenvalue weighted by Crippen LogP contribution is 2.21. The Labute approximate surface area is 126 Å². The van der Waals surface area contributed by atoms with Crippen molar-refractivity contribution in [2.75, 3.05) is 20.2 Å². The lowest BCUT2D eigenvalue weighted by molar-refractivity contribution is 0.0102. The van der Waals surface area contributed by atoms with Crippen LogP contribution in [0.3, 0.4) is 0 Å². The lowest BCUT2D eigenvalue weighted by Gasteiger charge is -2.38. The largest absolute Gasteiger partial charge is 0.381 e. The maximum atomic E-state index is 5.90. The molecule has 1 saturated heterocycles. The van der Waals surface area contributed by atoms with Gasteiger partial charge in [0, 0.05) is 37.8 Å². The van der Waals surface area contributed by atoms with E-state index in [2.05, 4.69) is 17.0 Å². The molecule has 1 aromatic carbocycles. The average Bonchev–Trinajstić information content (AvgIpc) is 2.41. The van der Waals surface area contributed by atoms with Crippen LogP contribution < -0.4 is 5.73 Å². The zero-order chi connectivity index (χ0) is 13.0. The summed E-state index contributed by atoms with van der Waals surface area (Å²) in [6.07, 6.45) is 2.47. The first-order valence-corrected chi connectivity index (χ1v) is 6.82. The molecule has 1 aliphatic rings. The molecule has 2 atom stereocenters. The molecule has 0 aliphatic carbocycles. The molecule has 2 N–H and O–H groups in total. The summed E-state index contributed by atoms with van der Waals surface area (Å²) in [7, 11) is 1.78. The standard InChI is InChI=1S/C14H21ClN2O.ClH/c1-18-14-6-7-17(13(8-14)9-16)10-11-2-4-12(15)5-3-11;/h2-5,13-14H,6-10,16H2,1H3;1H. The van der Waals surface area contributed by atoms with Crippen LogP contribution in [-0.4, -0.2) is 37.2 Å². The Morgan fingerprint density at radius 1 is 1.37 bits per heavy atom. The van der Waals surface area contributed by atoms with E-state index in [1.54, 1.807) is 7.11 Å². The number of hydrogen-bond acceptors (Lipinski definition) is 3. The SMILES string of the molecule is COC1CCN(Cc2ccc(Cl)cc2)C(CN)C1.Cl. The monoisotopic (exact) mass is 304 g/mol. The molecule has 2 rings (SSSR count). The Balaban J connectivity index is 0.00000180. The molecule has 1 fully saturated rings. The van der Waals surface area contributed by atoms with Crippen molar-refractivity contribution < 1.29 is 4.74 Å². The first-order valence-electron chi connectivity index (χ1n) is 6.44. The molecule has 108 valence electrons. The van der Waals surface area contributed by atoms with E-state index in [0.29, 0.717) is 18.7 Å². The molecular weight excluding hydrogens is 283 g/mol. The van der Waals surface area contributed by atoms with Crippen molar-refractivity contribution in [3.05, 3.63) is 34.9 Å². The zero-order valence-electron chi connectivity index (χ0n) is 11.2. The van der Waals surface area contributed by atoms with E-state index in [9.17, 15) is 0 Å². The van der Waals surface area contributed by atoms with Crippen LogP contribution in [0.25, 0.3) is 0 Å². The van der Waals surface area contributed by atoms with Gasteiger partial charge in [-0.25, -0.2) is 0 Å². The van der Waals surface area contributed by atoms with Gasteiger partial charge in [0.05, 0.1) is 6.10 Å². The van der Waals surface area contributed by atoms with E-state index in [4.69, 9.17) is 22.1 Å². The molecule has 2 unspecified atom stereocenters. The topological polar surface area (TPSA) is 38.5 Å². The van der Waals surface area contributed by atoms with Crippen molar-refractivity contribution in [3.63, 3.8) is 0 Å². The molecule has 19 heavy (non-hydrogen) atoms. The predicted molar refractivity (Wildman–Crippen MR) is 82.0 cm³/mol. The molecule has 0 saturated carbocycles. The van der Waals surface area contributed by atoms with E-state index >= 15 is 0 Å². The van der Waals surface area contributed by atoms with Gasteiger partial charge in [-0.15, -0.1) is 12.4 Å². The van der Waals surface area contributed by atoms with Crippen molar-refractivity contribution in [2.45, 2.75) is 31.5 Å². The van der Waals surface area contributed by atoms with Crippen molar-refractivity contribution in [2.24, 2.45) is 5.73 Å². The minimum absolute atomic E-state index is 0. The van der Waals surface area contributed by atoms with Gasteiger partial charge in [0.15, 0.2) is 0 Å². The van der Waals surface area contributed by atoms with E-state index in [1.807, 2.05) is 12.1 Å². The number of likely N-dealkylation sites (tertiary alicyclic amines) is 1. The quantitative estimate of drug-likeness (QED) is 0.929. The first-order chi connectivity index (χ1) is 8.72. The molecule has 5 heteroatoms. The third kappa shape index (κ3) is 4.62. The Bertz CT molecular complexity index is 372. The van der Waals surface area contributed by atoms with Gasteiger partial charge in [0.1, 0.15) is 0 Å². The Morgan fingerprint density at radius 3 is 2.63 bits per heavy atom. The minimum Gasteiger partial charge on any atom is -0.381 e. The number of nitrogens with zero attached hydrogens (tertiary/aromatic N) is 1. The summed E-state index contributed by atoms with van der Waals surface area (Å²) in [6, 6.07) is 8.46. The van der Waals surface area contributed by atoms with Crippen LogP contribution in [-0.2, 0) is 11.3 Å². The normalized spacial score (nSPS) is 23.9. The Hall–Kier alpha value is -0.320. The van der Waals surface area contributed by atoms with Gasteiger partial charge in [0.2, 0.25) is 0 Å². The molecule has 1 aliphatic heterocycles. The highest BCUT2D eigenvalue weighted by Gasteiger charge is 2.27. The fraction of sp³-hybridized carbons (Fsp3) is 0.571. The van der Waals surface area contributed by atoms with Crippen molar-refractivity contribution >= 4 is 24.0 Å². The van der Waals surface area contributed by atoms with Gasteiger partial charge in [0.25, 0.3) is 0 Å². The van der Waals surface area contributed by atoms with Crippen LogP contribution in [0.2, 0.25) is 5.02 Å². The van der Waals surface area contributed by atoms with Crippen LogP contribution in [0.1, 0.15) is 18.4 Å². The van der Waals surface area contributed by atoms with Crippen LogP contribution in [0.5, 0.6) is 0 Å². The van der Waals surface area contributed by atoms with Gasteiger partial charge >= 0.3 is 0 Å². The molecular formula is C14H22Cl2N2O. The third-order valence-electron chi connectivity index (χ3n) is 3.69. The van der Waals surface area contributed by atoms with Gasteiger partial charge in [-0.1, -0.05) is 23.7 Å².